The molecule has 0 bridgehead atoms. The molecule has 0 fully saturated rings. The molecule has 7 heteroatoms. The van der Waals surface area contributed by atoms with Gasteiger partial charge in [-0.3, -0.25) is 4.79 Å². The topological polar surface area (TPSA) is 92.4 Å². The van der Waals surface area contributed by atoms with Crippen LogP contribution in [0.25, 0.3) is 0 Å². The summed E-state index contributed by atoms with van der Waals surface area (Å²) in [4.78, 5) is 24.9. The van der Waals surface area contributed by atoms with E-state index in [1.165, 1.54) is 6.39 Å². The molecule has 6 nitrogen and oxygen atoms in total. The summed E-state index contributed by atoms with van der Waals surface area (Å²) in [5.74, 6) is 1.06. The summed E-state index contributed by atoms with van der Waals surface area (Å²) in [6.07, 6.45) is 2.18. The van der Waals surface area contributed by atoms with Gasteiger partial charge in [-0.2, -0.15) is 11.8 Å². The van der Waals surface area contributed by atoms with Gasteiger partial charge in [-0.15, -0.1) is 0 Å². The first-order valence-electron chi connectivity index (χ1n) is 5.04. The molecule has 0 saturated carbocycles. The van der Waals surface area contributed by atoms with E-state index in [2.05, 4.69) is 10.3 Å². The number of aryl methyl sites for hydroxylation is 1. The van der Waals surface area contributed by atoms with E-state index in [-0.39, 0.29) is 0 Å². The van der Waals surface area contributed by atoms with E-state index in [0.717, 1.165) is 11.5 Å². The maximum Gasteiger partial charge on any atom is 0.326 e. The second-order valence-corrected chi connectivity index (χ2v) is 4.48. The Morgan fingerprint density at radius 2 is 2.53 bits per heavy atom. The predicted octanol–water partition coefficient (Wildman–Crippen LogP) is 0.806. The molecular formula is C10H14N2O4S. The van der Waals surface area contributed by atoms with Gasteiger partial charge in [0.15, 0.2) is 6.39 Å². The third kappa shape index (κ3) is 4.48. The van der Waals surface area contributed by atoms with Crippen LogP contribution in [0.1, 0.15) is 17.9 Å². The summed E-state index contributed by atoms with van der Waals surface area (Å²) in [7, 11) is 0. The molecule has 1 rings (SSSR count). The number of thioether (sulfide) groups is 1. The largest absolute Gasteiger partial charge is 0.480 e. The van der Waals surface area contributed by atoms with Gasteiger partial charge in [-0.1, -0.05) is 0 Å². The molecule has 0 aromatic carbocycles. The minimum absolute atomic E-state index is 0.385. The zero-order chi connectivity index (χ0) is 12.7. The molecule has 0 aliphatic heterocycles. The summed E-state index contributed by atoms with van der Waals surface area (Å²) in [5.41, 5.74) is 0.866. The van der Waals surface area contributed by atoms with Gasteiger partial charge >= 0.3 is 5.97 Å². The fourth-order valence-electron chi connectivity index (χ4n) is 1.20. The molecular weight excluding hydrogens is 244 g/mol. The lowest BCUT2D eigenvalue weighted by molar-refractivity contribution is -0.140. The first-order valence-corrected chi connectivity index (χ1v) is 6.19. The Morgan fingerprint density at radius 3 is 3.06 bits per heavy atom. The van der Waals surface area contributed by atoms with E-state index < -0.39 is 12.0 Å². The smallest absolute Gasteiger partial charge is 0.326 e. The van der Waals surface area contributed by atoms with Crippen molar-refractivity contribution in [1.29, 1.82) is 0 Å². The van der Waals surface area contributed by atoms with Gasteiger partial charge in [0.05, 0.1) is 5.69 Å². The molecule has 1 aromatic heterocycles. The summed E-state index contributed by atoms with van der Waals surface area (Å²) in [6.45, 7) is 1.83. The third-order valence-corrected chi connectivity index (χ3v) is 3.20. The maximum absolute atomic E-state index is 10.7. The molecule has 1 atom stereocenters. The molecule has 0 aliphatic carbocycles. The van der Waals surface area contributed by atoms with Crippen LogP contribution in [0.5, 0.6) is 0 Å². The minimum Gasteiger partial charge on any atom is -0.480 e. The number of hydrogen-bond acceptors (Lipinski definition) is 5. The van der Waals surface area contributed by atoms with Crippen LogP contribution in [0.2, 0.25) is 0 Å². The number of rotatable bonds is 8. The number of nitrogens with zero attached hydrogens (tertiary/aromatic N) is 1. The van der Waals surface area contributed by atoms with E-state index in [1.807, 2.05) is 6.92 Å². The van der Waals surface area contributed by atoms with Crippen LogP contribution in [0.15, 0.2) is 10.8 Å². The lowest BCUT2D eigenvalue weighted by Gasteiger charge is -2.09. The number of carbonyl (C=O) groups excluding carboxylic acids is 1. The molecule has 0 saturated heterocycles. The second kappa shape index (κ2) is 6.95. The summed E-state index contributed by atoms with van der Waals surface area (Å²) in [6, 6.07) is -0.821. The van der Waals surface area contributed by atoms with Crippen molar-refractivity contribution in [2.24, 2.45) is 0 Å². The number of carboxylic acid groups (broad SMARTS) is 1. The van der Waals surface area contributed by atoms with Crippen molar-refractivity contribution in [3.63, 3.8) is 0 Å². The number of aromatic nitrogens is 1. The molecule has 2 N–H and O–H groups in total. The van der Waals surface area contributed by atoms with Crippen molar-refractivity contribution >= 4 is 24.1 Å². The summed E-state index contributed by atoms with van der Waals surface area (Å²) in [5, 5.41) is 11.0. The number of hydrogen-bond donors (Lipinski definition) is 2. The highest BCUT2D eigenvalue weighted by Crippen LogP contribution is 2.15. The van der Waals surface area contributed by atoms with Crippen LogP contribution >= 0.6 is 11.8 Å². The highest BCUT2D eigenvalue weighted by Gasteiger charge is 2.15. The standard InChI is InChI=1S/C10H14N2O4S/c1-7-9(12-6-16-7)4-17-3-2-8(10(14)15)11-5-13/h5-6,8H,2-4H2,1H3,(H,11,13)(H,14,15). The summed E-state index contributed by atoms with van der Waals surface area (Å²) >= 11 is 1.55. The van der Waals surface area contributed by atoms with Gasteiger partial charge in [-0.05, 0) is 19.1 Å². The number of oxazole rings is 1. The highest BCUT2D eigenvalue weighted by atomic mass is 32.2. The zero-order valence-electron chi connectivity index (χ0n) is 9.38. The monoisotopic (exact) mass is 258 g/mol. The van der Waals surface area contributed by atoms with E-state index in [9.17, 15) is 9.59 Å². The SMILES string of the molecule is Cc1ocnc1CSCCC(NC=O)C(=O)O. The third-order valence-electron chi connectivity index (χ3n) is 2.20. The van der Waals surface area contributed by atoms with Crippen LogP contribution in [0.4, 0.5) is 0 Å². The Kier molecular flexibility index (Phi) is 5.55. The van der Waals surface area contributed by atoms with Crippen LogP contribution in [0.3, 0.4) is 0 Å². The molecule has 17 heavy (non-hydrogen) atoms. The molecule has 1 aromatic rings. The molecule has 1 amide bonds. The van der Waals surface area contributed by atoms with Crippen molar-refractivity contribution < 1.29 is 19.1 Å². The molecule has 1 heterocycles. The molecule has 0 radical (unpaired) electrons. The van der Waals surface area contributed by atoms with Crippen molar-refractivity contribution in [3.05, 3.63) is 17.8 Å². The van der Waals surface area contributed by atoms with Crippen molar-refractivity contribution in [2.75, 3.05) is 5.75 Å². The van der Waals surface area contributed by atoms with Crippen LogP contribution in [-0.4, -0.2) is 34.3 Å². The summed E-state index contributed by atoms with van der Waals surface area (Å²) < 4.78 is 5.04. The quantitative estimate of drug-likeness (QED) is 0.529. The lowest BCUT2D eigenvalue weighted by Crippen LogP contribution is -2.36. The van der Waals surface area contributed by atoms with Crippen molar-refractivity contribution in [3.8, 4) is 0 Å². The number of carboxylic acids is 1. The maximum atomic E-state index is 10.7. The average molecular weight is 258 g/mol. The zero-order valence-corrected chi connectivity index (χ0v) is 10.2. The van der Waals surface area contributed by atoms with E-state index in [4.69, 9.17) is 9.52 Å². The Morgan fingerprint density at radius 1 is 1.76 bits per heavy atom. The Labute approximate surface area is 103 Å². The minimum atomic E-state index is -1.02. The van der Waals surface area contributed by atoms with Gasteiger partial charge in [0.25, 0.3) is 0 Å². The van der Waals surface area contributed by atoms with E-state index >= 15 is 0 Å². The highest BCUT2D eigenvalue weighted by molar-refractivity contribution is 7.98. The molecule has 94 valence electrons. The fourth-order valence-corrected chi connectivity index (χ4v) is 2.21. The van der Waals surface area contributed by atoms with Crippen LogP contribution in [0, 0.1) is 6.92 Å². The lowest BCUT2D eigenvalue weighted by atomic mass is 10.2. The Bertz CT molecular complexity index is 380. The Balaban J connectivity index is 2.25. The number of amides is 1. The van der Waals surface area contributed by atoms with Crippen molar-refractivity contribution in [2.45, 2.75) is 25.1 Å². The van der Waals surface area contributed by atoms with Crippen molar-refractivity contribution in [1.82, 2.24) is 10.3 Å². The van der Waals surface area contributed by atoms with Crippen LogP contribution in [-0.2, 0) is 15.3 Å². The average Bonchev–Trinajstić information content (AvgIpc) is 2.68. The second-order valence-electron chi connectivity index (χ2n) is 3.37. The van der Waals surface area contributed by atoms with Gasteiger partial charge in [-0.25, -0.2) is 9.78 Å². The number of nitrogens with one attached hydrogen (secondary N) is 1. The van der Waals surface area contributed by atoms with E-state index in [1.54, 1.807) is 11.8 Å². The number of aliphatic carboxylic acids is 1. The predicted molar refractivity (Wildman–Crippen MR) is 62.6 cm³/mol. The van der Waals surface area contributed by atoms with Gasteiger partial charge in [0.2, 0.25) is 6.41 Å². The van der Waals surface area contributed by atoms with Gasteiger partial charge in [0, 0.05) is 5.75 Å². The molecule has 1 unspecified atom stereocenters. The van der Waals surface area contributed by atoms with Crippen LogP contribution < -0.4 is 5.32 Å². The van der Waals surface area contributed by atoms with Gasteiger partial charge < -0.3 is 14.8 Å². The first-order chi connectivity index (χ1) is 8.15. The van der Waals surface area contributed by atoms with E-state index in [0.29, 0.717) is 24.3 Å². The number of carbonyl (C=O) groups is 2. The normalized spacial score (nSPS) is 12.1. The first kappa shape index (κ1) is 13.6. The van der Waals surface area contributed by atoms with Gasteiger partial charge in [0.1, 0.15) is 11.8 Å². The molecule has 0 aliphatic rings. The Hall–Kier alpha value is -1.50. The fraction of sp³-hybridized carbons (Fsp3) is 0.500. The molecule has 0 spiro atoms.